The topological polar surface area (TPSA) is 76.2 Å². The van der Waals surface area contributed by atoms with E-state index in [0.29, 0.717) is 19.5 Å². The van der Waals surface area contributed by atoms with Gasteiger partial charge in [0.2, 0.25) is 11.8 Å². The van der Waals surface area contributed by atoms with Crippen LogP contribution in [0.15, 0.2) is 72.8 Å². The van der Waals surface area contributed by atoms with E-state index in [2.05, 4.69) is 5.32 Å². The number of hydrazine groups is 1. The fourth-order valence-electron chi connectivity index (χ4n) is 5.57. The molecule has 0 bridgehead atoms. The number of rotatable bonds is 11. The first kappa shape index (κ1) is 32.6. The van der Waals surface area contributed by atoms with Crippen molar-refractivity contribution in [3.8, 4) is 0 Å². The second-order valence-corrected chi connectivity index (χ2v) is 11.1. The number of hydrogen-bond acceptors (Lipinski definition) is 4. The predicted molar refractivity (Wildman–Crippen MR) is 165 cm³/mol. The highest BCUT2D eigenvalue weighted by Gasteiger charge is 2.45. The molecule has 10 heteroatoms. The minimum atomic E-state index is -0.975. The first-order chi connectivity index (χ1) is 21.1. The van der Waals surface area contributed by atoms with Crippen LogP contribution >= 0.6 is 0 Å². The van der Waals surface area contributed by atoms with Crippen LogP contribution in [0.25, 0.3) is 0 Å². The SMILES string of the molecule is CCCN1CC(=O)N([C@@H](Cc2ccc(C)cc2)C(=O)N(CC)Cc2ccc(F)cc2F)C(C)N1C(=O)NCc1ccccc1. The zero-order valence-corrected chi connectivity index (χ0v) is 25.8. The summed E-state index contributed by atoms with van der Waals surface area (Å²) in [4.78, 5) is 44.8. The normalized spacial score (nSPS) is 16.1. The summed E-state index contributed by atoms with van der Waals surface area (Å²) < 4.78 is 28.2. The van der Waals surface area contributed by atoms with E-state index in [9.17, 15) is 23.2 Å². The van der Waals surface area contributed by atoms with Gasteiger partial charge in [-0.25, -0.2) is 23.6 Å². The van der Waals surface area contributed by atoms with Gasteiger partial charge < -0.3 is 15.1 Å². The molecule has 3 aromatic carbocycles. The van der Waals surface area contributed by atoms with E-state index < -0.39 is 23.8 Å². The van der Waals surface area contributed by atoms with Crippen LogP contribution in [0.2, 0.25) is 0 Å². The van der Waals surface area contributed by atoms with Crippen molar-refractivity contribution < 1.29 is 23.2 Å². The molecule has 4 rings (SSSR count). The Bertz CT molecular complexity index is 1440. The lowest BCUT2D eigenvalue weighted by atomic mass is 10.0. The third-order valence-corrected chi connectivity index (χ3v) is 7.88. The quantitative estimate of drug-likeness (QED) is 0.324. The van der Waals surface area contributed by atoms with E-state index in [-0.39, 0.29) is 49.5 Å². The number of urea groups is 1. The average Bonchev–Trinajstić information content (AvgIpc) is 3.00. The van der Waals surface area contributed by atoms with Crippen LogP contribution in [-0.2, 0) is 29.1 Å². The van der Waals surface area contributed by atoms with Crippen LogP contribution in [0.5, 0.6) is 0 Å². The number of carbonyl (C=O) groups is 3. The Morgan fingerprint density at radius 1 is 1.00 bits per heavy atom. The first-order valence-electron chi connectivity index (χ1n) is 15.1. The summed E-state index contributed by atoms with van der Waals surface area (Å²) in [6.07, 6.45) is 0.116. The fourth-order valence-corrected chi connectivity index (χ4v) is 5.57. The van der Waals surface area contributed by atoms with Gasteiger partial charge in [-0.3, -0.25) is 9.59 Å². The number of nitrogens with one attached hydrogen (secondary N) is 1. The van der Waals surface area contributed by atoms with Crippen molar-refractivity contribution in [3.63, 3.8) is 0 Å². The van der Waals surface area contributed by atoms with Gasteiger partial charge in [0, 0.05) is 44.2 Å². The highest BCUT2D eigenvalue weighted by Crippen LogP contribution is 2.25. The molecule has 0 spiro atoms. The Morgan fingerprint density at radius 3 is 2.34 bits per heavy atom. The van der Waals surface area contributed by atoms with E-state index in [4.69, 9.17) is 0 Å². The van der Waals surface area contributed by atoms with Crippen LogP contribution in [0.1, 0.15) is 49.4 Å². The third-order valence-electron chi connectivity index (χ3n) is 7.88. The molecule has 1 unspecified atom stereocenters. The Hall–Kier alpha value is -4.31. The van der Waals surface area contributed by atoms with E-state index in [1.165, 1.54) is 20.9 Å². The van der Waals surface area contributed by atoms with Gasteiger partial charge in [0.1, 0.15) is 23.8 Å². The maximum atomic E-state index is 14.6. The second-order valence-electron chi connectivity index (χ2n) is 11.1. The van der Waals surface area contributed by atoms with Crippen LogP contribution in [-0.4, -0.2) is 69.5 Å². The second kappa shape index (κ2) is 14.9. The molecule has 44 heavy (non-hydrogen) atoms. The number of nitrogens with zero attached hydrogens (tertiary/aromatic N) is 4. The van der Waals surface area contributed by atoms with Gasteiger partial charge in [-0.05, 0) is 44.4 Å². The molecule has 1 aliphatic rings. The summed E-state index contributed by atoms with van der Waals surface area (Å²) in [5.74, 6) is -2.11. The van der Waals surface area contributed by atoms with Crippen molar-refractivity contribution in [3.05, 3.63) is 107 Å². The number of likely N-dealkylation sites (N-methyl/N-ethyl adjacent to an activating group) is 1. The van der Waals surface area contributed by atoms with E-state index in [1.807, 2.05) is 68.4 Å². The van der Waals surface area contributed by atoms with Crippen molar-refractivity contribution in [2.24, 2.45) is 0 Å². The summed E-state index contributed by atoms with van der Waals surface area (Å²) in [5, 5.41) is 6.22. The lowest BCUT2D eigenvalue weighted by Crippen LogP contribution is -2.70. The molecule has 1 fully saturated rings. The first-order valence-corrected chi connectivity index (χ1v) is 15.1. The van der Waals surface area contributed by atoms with Crippen molar-refractivity contribution >= 4 is 17.8 Å². The molecular weight excluding hydrogens is 564 g/mol. The summed E-state index contributed by atoms with van der Waals surface area (Å²) in [6.45, 7) is 8.30. The number of amides is 4. The molecule has 1 N–H and O–H groups in total. The van der Waals surface area contributed by atoms with Crippen molar-refractivity contribution in [1.29, 1.82) is 0 Å². The van der Waals surface area contributed by atoms with E-state index >= 15 is 0 Å². The van der Waals surface area contributed by atoms with Crippen molar-refractivity contribution in [2.45, 2.75) is 65.8 Å². The monoisotopic (exact) mass is 605 g/mol. The largest absolute Gasteiger partial charge is 0.337 e. The van der Waals surface area contributed by atoms with Crippen LogP contribution in [0, 0.1) is 18.6 Å². The van der Waals surface area contributed by atoms with Gasteiger partial charge >= 0.3 is 6.03 Å². The van der Waals surface area contributed by atoms with Crippen LogP contribution in [0.3, 0.4) is 0 Å². The molecule has 0 saturated carbocycles. The van der Waals surface area contributed by atoms with Gasteiger partial charge in [0.05, 0.1) is 6.54 Å². The maximum absolute atomic E-state index is 14.6. The van der Waals surface area contributed by atoms with E-state index in [0.717, 1.165) is 28.8 Å². The standard InChI is InChI=1S/C34H41F2N5O3/c1-5-18-39-23-32(42)40(25(4)41(39)34(44)37-21-27-10-8-7-9-11-27)31(19-26-14-12-24(3)13-15-26)33(43)38(6-2)22-28-16-17-29(35)20-30(28)36/h7-17,20,25,31H,5-6,18-19,21-23H2,1-4H3,(H,37,44)/t25?,31-/m0/s1. The number of benzene rings is 3. The van der Waals surface area contributed by atoms with Gasteiger partial charge in [-0.15, -0.1) is 0 Å². The molecule has 8 nitrogen and oxygen atoms in total. The zero-order valence-electron chi connectivity index (χ0n) is 25.8. The Morgan fingerprint density at radius 2 is 1.70 bits per heavy atom. The molecule has 4 amide bonds. The Labute approximate surface area is 258 Å². The maximum Gasteiger partial charge on any atom is 0.334 e. The third kappa shape index (κ3) is 7.79. The minimum Gasteiger partial charge on any atom is -0.337 e. The van der Waals surface area contributed by atoms with E-state index in [1.54, 1.807) is 18.9 Å². The smallest absolute Gasteiger partial charge is 0.334 e. The molecule has 234 valence electrons. The van der Waals surface area contributed by atoms with Gasteiger partial charge in [0.15, 0.2) is 0 Å². The predicted octanol–water partition coefficient (Wildman–Crippen LogP) is 5.26. The lowest BCUT2D eigenvalue weighted by Gasteiger charge is -2.50. The minimum absolute atomic E-state index is 0.0761. The molecule has 1 saturated heterocycles. The summed E-state index contributed by atoms with van der Waals surface area (Å²) in [6, 6.07) is 19.2. The highest BCUT2D eigenvalue weighted by molar-refractivity contribution is 5.90. The summed E-state index contributed by atoms with van der Waals surface area (Å²) in [7, 11) is 0. The molecule has 1 heterocycles. The van der Waals surface area contributed by atoms with Crippen LogP contribution < -0.4 is 5.32 Å². The molecule has 2 atom stereocenters. The number of carbonyl (C=O) groups excluding carboxylic acids is 3. The van der Waals surface area contributed by atoms with Gasteiger partial charge in [0.25, 0.3) is 0 Å². The molecule has 1 aliphatic heterocycles. The molecule has 0 aromatic heterocycles. The van der Waals surface area contributed by atoms with Crippen molar-refractivity contribution in [1.82, 2.24) is 25.1 Å². The number of halogens is 2. The van der Waals surface area contributed by atoms with Crippen LogP contribution in [0.4, 0.5) is 13.6 Å². The Balaban J connectivity index is 1.67. The fraction of sp³-hybridized carbons (Fsp3) is 0.382. The number of aryl methyl sites for hydroxylation is 1. The molecule has 3 aromatic rings. The lowest BCUT2D eigenvalue weighted by molar-refractivity contribution is -0.175. The zero-order chi connectivity index (χ0) is 31.8. The van der Waals surface area contributed by atoms with Crippen molar-refractivity contribution in [2.75, 3.05) is 19.6 Å². The van der Waals surface area contributed by atoms with Gasteiger partial charge in [-0.2, -0.15) is 0 Å². The molecular formula is C34H41F2N5O3. The molecule has 0 aliphatic carbocycles. The Kier molecular flexibility index (Phi) is 11.1. The average molecular weight is 606 g/mol. The summed E-state index contributed by atoms with van der Waals surface area (Å²) >= 11 is 0. The summed E-state index contributed by atoms with van der Waals surface area (Å²) in [5.41, 5.74) is 3.00. The molecule has 0 radical (unpaired) electrons. The van der Waals surface area contributed by atoms with Gasteiger partial charge in [-0.1, -0.05) is 73.2 Å². The highest BCUT2D eigenvalue weighted by atomic mass is 19.1. The number of hydrogen-bond donors (Lipinski definition) is 1.